The maximum absolute atomic E-state index is 12.6. The molecular weight excluding hydrogens is 350 g/mol. The molecule has 0 unspecified atom stereocenters. The van der Waals surface area contributed by atoms with Crippen LogP contribution in [-0.2, 0) is 21.5 Å². The van der Waals surface area contributed by atoms with Crippen LogP contribution in [0.15, 0.2) is 70.8 Å². The van der Waals surface area contributed by atoms with Crippen molar-refractivity contribution in [1.29, 1.82) is 0 Å². The van der Waals surface area contributed by atoms with E-state index in [-0.39, 0.29) is 17.8 Å². The predicted octanol–water partition coefficient (Wildman–Crippen LogP) is 3.04. The summed E-state index contributed by atoms with van der Waals surface area (Å²) in [7, 11) is -3.85. The Hall–Kier alpha value is -2.93. The number of nitrogens with one attached hydrogen (secondary N) is 1. The number of rotatable bonds is 4. The number of aryl methyl sites for hydroxylation is 1. The Morgan fingerprint density at radius 1 is 1.04 bits per heavy atom. The second kappa shape index (κ2) is 7.13. The zero-order valence-electron chi connectivity index (χ0n) is 14.5. The minimum atomic E-state index is -3.85. The van der Waals surface area contributed by atoms with Gasteiger partial charge in [-0.05, 0) is 31.5 Å². The monoisotopic (exact) mass is 369 g/mol. The van der Waals surface area contributed by atoms with Gasteiger partial charge in [0.1, 0.15) is 0 Å². The summed E-state index contributed by atoms with van der Waals surface area (Å²) >= 11 is 0. The molecule has 0 aromatic heterocycles. The van der Waals surface area contributed by atoms with Gasteiger partial charge in [0.2, 0.25) is 0 Å². The Morgan fingerprint density at radius 2 is 1.69 bits per heavy atom. The third-order valence-electron chi connectivity index (χ3n) is 3.95. The fourth-order valence-electron chi connectivity index (χ4n) is 2.53. The van der Waals surface area contributed by atoms with Gasteiger partial charge in [-0.3, -0.25) is 9.10 Å². The van der Waals surface area contributed by atoms with Crippen LogP contribution in [0.25, 0.3) is 0 Å². The molecule has 3 rings (SSSR count). The normalized spacial score (nSPS) is 15.8. The molecule has 26 heavy (non-hydrogen) atoms. The van der Waals surface area contributed by atoms with Crippen molar-refractivity contribution in [1.82, 2.24) is 4.31 Å². The molecule has 1 amide bonds. The quantitative estimate of drug-likeness (QED) is 0.900. The number of nitrogens with zero attached hydrogens (tertiary/aromatic N) is 2. The minimum absolute atomic E-state index is 0.112. The van der Waals surface area contributed by atoms with Crippen LogP contribution in [0.2, 0.25) is 0 Å². The molecule has 0 saturated carbocycles. The summed E-state index contributed by atoms with van der Waals surface area (Å²) in [6.45, 7) is 3.58. The summed E-state index contributed by atoms with van der Waals surface area (Å²) < 4.78 is 29.5. The summed E-state index contributed by atoms with van der Waals surface area (Å²) in [5, 5.41) is 2.77. The lowest BCUT2D eigenvalue weighted by atomic mass is 10.1. The van der Waals surface area contributed by atoms with Gasteiger partial charge in [-0.15, -0.1) is 4.40 Å². The largest absolute Gasteiger partial charge is 0.344 e. The smallest absolute Gasteiger partial charge is 0.322 e. The average Bonchev–Trinajstić information content (AvgIpc) is 2.59. The number of carbonyl (C=O) groups is 1. The zero-order valence-corrected chi connectivity index (χ0v) is 15.3. The van der Waals surface area contributed by atoms with Crippen molar-refractivity contribution in [2.75, 3.05) is 5.32 Å². The molecule has 1 aliphatic rings. The third kappa shape index (κ3) is 4.00. The van der Waals surface area contributed by atoms with Gasteiger partial charge in [-0.25, -0.2) is 0 Å². The molecule has 0 radical (unpaired) electrons. The Bertz CT molecular complexity index is 978. The van der Waals surface area contributed by atoms with Crippen molar-refractivity contribution in [3.05, 3.63) is 77.5 Å². The van der Waals surface area contributed by atoms with Crippen molar-refractivity contribution in [2.24, 2.45) is 4.40 Å². The number of amides is 1. The van der Waals surface area contributed by atoms with Gasteiger partial charge in [0.05, 0.1) is 17.8 Å². The molecule has 7 heteroatoms. The van der Waals surface area contributed by atoms with E-state index in [9.17, 15) is 13.2 Å². The van der Waals surface area contributed by atoms with E-state index >= 15 is 0 Å². The van der Waals surface area contributed by atoms with Gasteiger partial charge in [-0.1, -0.05) is 48.0 Å². The summed E-state index contributed by atoms with van der Waals surface area (Å²) in [4.78, 5) is 12.6. The molecule has 1 N–H and O–H groups in total. The molecule has 6 nitrogen and oxygen atoms in total. The summed E-state index contributed by atoms with van der Waals surface area (Å²) in [5.41, 5.74) is 2.91. The standard InChI is InChI=1S/C19H19N3O3S/c1-14-8-10-17(11-9-14)20-19(23)18-13-22(26(24,25)21-15(18)2)12-16-6-4-3-5-7-16/h3-11,13H,12H2,1-2H3,(H,20,23). The molecular formula is C19H19N3O3S. The predicted molar refractivity (Wildman–Crippen MR) is 102 cm³/mol. The highest BCUT2D eigenvalue weighted by Gasteiger charge is 2.28. The molecule has 0 aliphatic carbocycles. The fourth-order valence-corrected chi connectivity index (χ4v) is 3.63. The van der Waals surface area contributed by atoms with Crippen LogP contribution >= 0.6 is 0 Å². The zero-order chi connectivity index (χ0) is 18.7. The molecule has 1 heterocycles. The lowest BCUT2D eigenvalue weighted by Gasteiger charge is -2.23. The van der Waals surface area contributed by atoms with Crippen molar-refractivity contribution < 1.29 is 13.2 Å². The second-order valence-electron chi connectivity index (χ2n) is 6.05. The first-order valence-corrected chi connectivity index (χ1v) is 9.47. The van der Waals surface area contributed by atoms with E-state index < -0.39 is 16.1 Å². The van der Waals surface area contributed by atoms with Crippen LogP contribution in [0, 0.1) is 6.92 Å². The van der Waals surface area contributed by atoms with Crippen LogP contribution in [0.5, 0.6) is 0 Å². The van der Waals surface area contributed by atoms with Gasteiger partial charge in [-0.2, -0.15) is 8.42 Å². The number of hydrogen-bond acceptors (Lipinski definition) is 3. The highest BCUT2D eigenvalue weighted by Crippen LogP contribution is 2.20. The lowest BCUT2D eigenvalue weighted by Crippen LogP contribution is -2.32. The summed E-state index contributed by atoms with van der Waals surface area (Å²) in [6.07, 6.45) is 1.34. The molecule has 134 valence electrons. The van der Waals surface area contributed by atoms with E-state index in [1.54, 1.807) is 12.1 Å². The van der Waals surface area contributed by atoms with E-state index in [4.69, 9.17) is 0 Å². The fraction of sp³-hybridized carbons (Fsp3) is 0.158. The molecule has 0 bridgehead atoms. The van der Waals surface area contributed by atoms with E-state index in [2.05, 4.69) is 9.71 Å². The minimum Gasteiger partial charge on any atom is -0.322 e. The van der Waals surface area contributed by atoms with E-state index in [0.29, 0.717) is 5.69 Å². The van der Waals surface area contributed by atoms with Gasteiger partial charge in [0, 0.05) is 11.9 Å². The second-order valence-corrected chi connectivity index (χ2v) is 7.60. The molecule has 1 aliphatic heterocycles. The average molecular weight is 369 g/mol. The Balaban J connectivity index is 1.85. The van der Waals surface area contributed by atoms with Gasteiger partial charge in [0.25, 0.3) is 5.91 Å². The molecule has 0 atom stereocenters. The van der Waals surface area contributed by atoms with Crippen LogP contribution in [-0.4, -0.2) is 24.3 Å². The maximum atomic E-state index is 12.6. The first-order chi connectivity index (χ1) is 12.3. The molecule has 2 aromatic carbocycles. The highest BCUT2D eigenvalue weighted by atomic mass is 32.2. The number of benzene rings is 2. The number of carbonyl (C=O) groups excluding carboxylic acids is 1. The highest BCUT2D eigenvalue weighted by molar-refractivity contribution is 7.88. The Labute approximate surface area is 153 Å². The molecule has 0 fully saturated rings. The van der Waals surface area contributed by atoms with E-state index in [1.807, 2.05) is 49.4 Å². The maximum Gasteiger partial charge on any atom is 0.344 e. The summed E-state index contributed by atoms with van der Waals surface area (Å²) in [5.74, 6) is -0.400. The van der Waals surface area contributed by atoms with Gasteiger partial charge >= 0.3 is 10.2 Å². The Kier molecular flexibility index (Phi) is 4.90. The third-order valence-corrected chi connectivity index (χ3v) is 5.28. The number of anilines is 1. The molecule has 0 spiro atoms. The topological polar surface area (TPSA) is 78.8 Å². The van der Waals surface area contributed by atoms with Crippen molar-refractivity contribution >= 4 is 27.5 Å². The van der Waals surface area contributed by atoms with Crippen molar-refractivity contribution in [3.63, 3.8) is 0 Å². The van der Waals surface area contributed by atoms with Gasteiger partial charge in [0.15, 0.2) is 0 Å². The van der Waals surface area contributed by atoms with Crippen LogP contribution in [0.4, 0.5) is 5.69 Å². The van der Waals surface area contributed by atoms with Crippen LogP contribution < -0.4 is 5.32 Å². The first kappa shape index (κ1) is 17.9. The molecule has 0 saturated heterocycles. The van der Waals surface area contributed by atoms with Crippen LogP contribution in [0.1, 0.15) is 18.1 Å². The van der Waals surface area contributed by atoms with Crippen molar-refractivity contribution in [2.45, 2.75) is 20.4 Å². The molecule has 2 aromatic rings. The summed E-state index contributed by atoms with van der Waals surface area (Å²) in [6, 6.07) is 16.5. The van der Waals surface area contributed by atoms with E-state index in [1.165, 1.54) is 13.1 Å². The SMILES string of the molecule is CC1=NS(=O)(=O)N(Cc2ccccc2)C=C1C(=O)Nc1ccc(C)cc1. The van der Waals surface area contributed by atoms with Crippen LogP contribution in [0.3, 0.4) is 0 Å². The van der Waals surface area contributed by atoms with Gasteiger partial charge < -0.3 is 5.32 Å². The van der Waals surface area contributed by atoms with E-state index in [0.717, 1.165) is 15.4 Å². The Morgan fingerprint density at radius 3 is 2.35 bits per heavy atom. The van der Waals surface area contributed by atoms with Crippen molar-refractivity contribution in [3.8, 4) is 0 Å². The number of hydrogen-bond donors (Lipinski definition) is 1. The lowest BCUT2D eigenvalue weighted by molar-refractivity contribution is -0.112. The first-order valence-electron chi connectivity index (χ1n) is 8.07.